The molecule has 124 valence electrons. The smallest absolute Gasteiger partial charge is 0.241 e. The summed E-state index contributed by atoms with van der Waals surface area (Å²) >= 11 is 4.06. The van der Waals surface area contributed by atoms with Crippen LogP contribution in [0.2, 0.25) is 0 Å². The Kier molecular flexibility index (Phi) is 4.98. The minimum Gasteiger partial charge on any atom is -0.394 e. The van der Waals surface area contributed by atoms with E-state index >= 15 is 0 Å². The third-order valence-electron chi connectivity index (χ3n) is 4.47. The molecular weight excluding hydrogens is 308 g/mol. The van der Waals surface area contributed by atoms with Gasteiger partial charge in [0.15, 0.2) is 0 Å². The van der Waals surface area contributed by atoms with Crippen molar-refractivity contribution in [3.8, 4) is 0 Å². The van der Waals surface area contributed by atoms with Gasteiger partial charge in [-0.05, 0) is 12.8 Å². The summed E-state index contributed by atoms with van der Waals surface area (Å²) in [6, 6.07) is -1.68. The van der Waals surface area contributed by atoms with E-state index in [1.807, 2.05) is 0 Å². The van der Waals surface area contributed by atoms with Crippen LogP contribution < -0.4 is 11.5 Å². The highest BCUT2D eigenvalue weighted by atomic mass is 32.1. The first-order valence-corrected chi connectivity index (χ1v) is 7.86. The Morgan fingerprint density at radius 3 is 2.59 bits per heavy atom. The number of aliphatic hydroxyl groups excluding tert-OH is 1. The fourth-order valence-corrected chi connectivity index (χ4v) is 3.59. The largest absolute Gasteiger partial charge is 0.394 e. The van der Waals surface area contributed by atoms with E-state index in [9.17, 15) is 14.4 Å². The molecule has 0 aromatic heterocycles. The molecule has 22 heavy (non-hydrogen) atoms. The fourth-order valence-electron chi connectivity index (χ4n) is 3.21. The average Bonchev–Trinajstić information content (AvgIpc) is 2.53. The lowest BCUT2D eigenvalue weighted by atomic mass is 9.71. The molecule has 9 heteroatoms. The van der Waals surface area contributed by atoms with Crippen molar-refractivity contribution in [2.45, 2.75) is 24.9 Å². The van der Waals surface area contributed by atoms with Crippen LogP contribution in [-0.4, -0.2) is 76.7 Å². The standard InChI is InChI=1S/C13H22N4O4S/c14-8(4-18)11(20)16-3-1-2-13(6-16)7-17(12(13)21)9(5-22)10(15)19/h8-9,18,22H,1-7,14H2,(H2,15,19)/t8-,9?,13?/m0/s1. The van der Waals surface area contributed by atoms with Gasteiger partial charge in [0, 0.05) is 25.4 Å². The van der Waals surface area contributed by atoms with Gasteiger partial charge in [-0.15, -0.1) is 0 Å². The number of nitrogens with zero attached hydrogens (tertiary/aromatic N) is 2. The highest BCUT2D eigenvalue weighted by Gasteiger charge is 2.56. The number of primary amides is 1. The third-order valence-corrected chi connectivity index (χ3v) is 4.81. The number of nitrogens with two attached hydrogens (primary N) is 2. The molecule has 8 nitrogen and oxygen atoms in total. The number of carbonyl (C=O) groups is 3. The molecule has 0 aliphatic carbocycles. The lowest BCUT2D eigenvalue weighted by Gasteiger charge is -2.54. The first-order valence-electron chi connectivity index (χ1n) is 7.23. The van der Waals surface area contributed by atoms with Crippen LogP contribution in [0.4, 0.5) is 0 Å². The van der Waals surface area contributed by atoms with E-state index in [2.05, 4.69) is 12.6 Å². The zero-order valence-corrected chi connectivity index (χ0v) is 13.2. The maximum atomic E-state index is 12.5. The molecule has 0 aromatic rings. The van der Waals surface area contributed by atoms with Crippen LogP contribution in [0.3, 0.4) is 0 Å². The number of aliphatic hydroxyl groups is 1. The minimum atomic E-state index is -0.961. The molecule has 0 saturated carbocycles. The lowest BCUT2D eigenvalue weighted by Crippen LogP contribution is -2.71. The molecule has 1 spiro atoms. The molecule has 2 aliphatic rings. The second-order valence-corrected chi connectivity index (χ2v) is 6.33. The van der Waals surface area contributed by atoms with Gasteiger partial charge >= 0.3 is 0 Å². The van der Waals surface area contributed by atoms with Gasteiger partial charge in [-0.25, -0.2) is 0 Å². The molecule has 2 unspecified atom stereocenters. The summed E-state index contributed by atoms with van der Waals surface area (Å²) in [6.45, 7) is 0.754. The summed E-state index contributed by atoms with van der Waals surface area (Å²) in [5, 5.41) is 8.99. The van der Waals surface area contributed by atoms with Crippen molar-refractivity contribution in [1.29, 1.82) is 0 Å². The van der Waals surface area contributed by atoms with Gasteiger partial charge in [0.25, 0.3) is 0 Å². The van der Waals surface area contributed by atoms with Crippen LogP contribution in [0.15, 0.2) is 0 Å². The second kappa shape index (κ2) is 6.43. The van der Waals surface area contributed by atoms with Crippen molar-refractivity contribution in [2.24, 2.45) is 16.9 Å². The number of hydrogen-bond acceptors (Lipinski definition) is 6. The maximum Gasteiger partial charge on any atom is 0.241 e. The Balaban J connectivity index is 2.06. The van der Waals surface area contributed by atoms with E-state index in [1.165, 1.54) is 9.80 Å². The Labute approximate surface area is 134 Å². The van der Waals surface area contributed by atoms with Gasteiger partial charge in [0.1, 0.15) is 12.1 Å². The van der Waals surface area contributed by atoms with Crippen LogP contribution in [-0.2, 0) is 14.4 Å². The summed E-state index contributed by atoms with van der Waals surface area (Å²) < 4.78 is 0. The topological polar surface area (TPSA) is 130 Å². The summed E-state index contributed by atoms with van der Waals surface area (Å²) in [7, 11) is 0. The summed E-state index contributed by atoms with van der Waals surface area (Å²) in [5.74, 6) is -0.923. The molecule has 2 fully saturated rings. The van der Waals surface area contributed by atoms with Crippen molar-refractivity contribution in [3.05, 3.63) is 0 Å². The lowest BCUT2D eigenvalue weighted by molar-refractivity contribution is -0.173. The van der Waals surface area contributed by atoms with Crippen molar-refractivity contribution >= 4 is 30.4 Å². The highest BCUT2D eigenvalue weighted by molar-refractivity contribution is 7.80. The molecule has 0 bridgehead atoms. The molecule has 2 aliphatic heterocycles. The summed E-state index contributed by atoms with van der Waals surface area (Å²) in [4.78, 5) is 38.9. The molecule has 3 atom stereocenters. The van der Waals surface area contributed by atoms with Gasteiger partial charge in [-0.3, -0.25) is 14.4 Å². The SMILES string of the molecule is NC(=O)C(CS)N1CC2(CCCN(C(=O)[C@@H](N)CO)C2)C1=O. The molecule has 2 saturated heterocycles. The van der Waals surface area contributed by atoms with Crippen molar-refractivity contribution in [1.82, 2.24) is 9.80 Å². The minimum absolute atomic E-state index is 0.166. The predicted molar refractivity (Wildman–Crippen MR) is 81.9 cm³/mol. The van der Waals surface area contributed by atoms with Crippen LogP contribution in [0, 0.1) is 5.41 Å². The number of amides is 3. The van der Waals surface area contributed by atoms with Crippen LogP contribution in [0.25, 0.3) is 0 Å². The number of hydrogen-bond donors (Lipinski definition) is 4. The van der Waals surface area contributed by atoms with E-state index < -0.39 is 30.0 Å². The Bertz CT molecular complexity index is 489. The molecule has 5 N–H and O–H groups in total. The third kappa shape index (κ3) is 2.80. The fraction of sp³-hybridized carbons (Fsp3) is 0.769. The van der Waals surface area contributed by atoms with Crippen LogP contribution in [0.5, 0.6) is 0 Å². The highest BCUT2D eigenvalue weighted by Crippen LogP contribution is 2.41. The molecule has 0 radical (unpaired) electrons. The van der Waals surface area contributed by atoms with E-state index in [4.69, 9.17) is 16.6 Å². The van der Waals surface area contributed by atoms with Gasteiger partial charge in [0.05, 0.1) is 12.0 Å². The maximum absolute atomic E-state index is 12.5. The van der Waals surface area contributed by atoms with E-state index in [0.29, 0.717) is 25.9 Å². The first kappa shape index (κ1) is 17.0. The monoisotopic (exact) mass is 330 g/mol. The number of likely N-dealkylation sites (tertiary alicyclic amines) is 2. The van der Waals surface area contributed by atoms with Gasteiger partial charge in [0.2, 0.25) is 17.7 Å². The number of thiol groups is 1. The van der Waals surface area contributed by atoms with E-state index in [-0.39, 0.29) is 24.1 Å². The zero-order valence-electron chi connectivity index (χ0n) is 12.3. The first-order chi connectivity index (χ1) is 10.4. The summed E-state index contributed by atoms with van der Waals surface area (Å²) in [6.07, 6.45) is 1.35. The molecule has 0 aromatic carbocycles. The average molecular weight is 330 g/mol. The predicted octanol–water partition coefficient (Wildman–Crippen LogP) is -2.46. The molecule has 2 heterocycles. The van der Waals surface area contributed by atoms with Crippen LogP contribution in [0.1, 0.15) is 12.8 Å². The Morgan fingerprint density at radius 1 is 1.41 bits per heavy atom. The zero-order chi connectivity index (χ0) is 16.5. The molecule has 3 amide bonds. The summed E-state index contributed by atoms with van der Waals surface area (Å²) in [5.41, 5.74) is 10.2. The number of rotatable bonds is 5. The van der Waals surface area contributed by atoms with Crippen molar-refractivity contribution in [3.63, 3.8) is 0 Å². The molecular formula is C13H22N4O4S. The van der Waals surface area contributed by atoms with Crippen molar-refractivity contribution < 1.29 is 19.5 Å². The van der Waals surface area contributed by atoms with Gasteiger partial charge in [-0.1, -0.05) is 0 Å². The van der Waals surface area contributed by atoms with E-state index in [0.717, 1.165) is 0 Å². The Morgan fingerprint density at radius 2 is 2.09 bits per heavy atom. The van der Waals surface area contributed by atoms with E-state index in [1.54, 1.807) is 0 Å². The molecule has 2 rings (SSSR count). The van der Waals surface area contributed by atoms with Gasteiger partial charge in [-0.2, -0.15) is 12.6 Å². The second-order valence-electron chi connectivity index (χ2n) is 5.97. The van der Waals surface area contributed by atoms with Crippen LogP contribution >= 0.6 is 12.6 Å². The normalized spacial score (nSPS) is 27.5. The van der Waals surface area contributed by atoms with Crippen molar-refractivity contribution in [2.75, 3.05) is 32.0 Å². The number of carbonyl (C=O) groups excluding carboxylic acids is 3. The number of β-lactam (4-membered cyclic amide) rings is 1. The Hall–Kier alpha value is -1.32. The quantitative estimate of drug-likeness (QED) is 0.328. The number of piperidine rings is 1. The van der Waals surface area contributed by atoms with Gasteiger partial charge < -0.3 is 26.4 Å².